The van der Waals surface area contributed by atoms with Crippen molar-refractivity contribution in [2.75, 3.05) is 13.3 Å². The van der Waals surface area contributed by atoms with E-state index in [4.69, 9.17) is 4.74 Å². The minimum atomic E-state index is -4.65. The zero-order valence-electron chi connectivity index (χ0n) is 19.0. The molecule has 1 aliphatic rings. The number of aromatic nitrogens is 5. The summed E-state index contributed by atoms with van der Waals surface area (Å²) in [6.07, 6.45) is -1.89. The molecule has 1 aliphatic carbocycles. The summed E-state index contributed by atoms with van der Waals surface area (Å²) >= 11 is 3.61. The molecule has 0 atom stereocenters. The van der Waals surface area contributed by atoms with E-state index in [1.807, 2.05) is 0 Å². The van der Waals surface area contributed by atoms with Crippen molar-refractivity contribution in [3.8, 4) is 10.8 Å². The largest absolute Gasteiger partial charge is 0.445 e. The van der Waals surface area contributed by atoms with Crippen LogP contribution in [0.25, 0.3) is 16.5 Å². The maximum Gasteiger partial charge on any atom is 0.445 e. The molecule has 0 saturated heterocycles. The van der Waals surface area contributed by atoms with E-state index in [0.717, 1.165) is 18.9 Å². The van der Waals surface area contributed by atoms with E-state index in [0.29, 0.717) is 31.9 Å². The molecule has 3 aromatic rings. The molecule has 1 fully saturated rings. The standard InChI is InChI=1S/C19H22BrF3N6O3S2Si/c1-18(2,3)35-7-6-32-10-29(11-4-5-11)34(30,31)12-8-13(20)14-24-25-15(28(14)9-12)16-26-27-17(33-16)19(21,22)23/h8-9,11H,4-7,10H2,1-3H3. The fourth-order valence-electron chi connectivity index (χ4n) is 3.17. The van der Waals surface area contributed by atoms with Crippen molar-refractivity contribution in [3.05, 3.63) is 21.7 Å². The van der Waals surface area contributed by atoms with E-state index < -0.39 is 21.2 Å². The normalized spacial score (nSPS) is 15.4. The predicted molar refractivity (Wildman–Crippen MR) is 128 cm³/mol. The van der Waals surface area contributed by atoms with Crippen LogP contribution in [0.2, 0.25) is 11.1 Å². The summed E-state index contributed by atoms with van der Waals surface area (Å²) in [6.45, 7) is 6.81. The van der Waals surface area contributed by atoms with Crippen molar-refractivity contribution in [2.45, 2.75) is 61.8 Å². The zero-order valence-corrected chi connectivity index (χ0v) is 23.2. The Morgan fingerprint density at radius 1 is 1.23 bits per heavy atom. The van der Waals surface area contributed by atoms with E-state index in [2.05, 4.69) is 57.1 Å². The fourth-order valence-corrected chi connectivity index (χ4v) is 7.12. The Balaban J connectivity index is 1.61. The van der Waals surface area contributed by atoms with Crippen molar-refractivity contribution < 1.29 is 26.3 Å². The second-order valence-corrected chi connectivity index (χ2v) is 15.1. The molecule has 35 heavy (non-hydrogen) atoms. The van der Waals surface area contributed by atoms with Crippen molar-refractivity contribution in [1.82, 2.24) is 29.1 Å². The molecule has 0 aromatic carbocycles. The summed E-state index contributed by atoms with van der Waals surface area (Å²) < 4.78 is 74.7. The van der Waals surface area contributed by atoms with Crippen molar-refractivity contribution >= 4 is 52.5 Å². The van der Waals surface area contributed by atoms with Crippen LogP contribution in [-0.2, 0) is 20.9 Å². The first-order valence-electron chi connectivity index (χ1n) is 10.6. The summed E-state index contributed by atoms with van der Waals surface area (Å²) in [7, 11) is -3.28. The van der Waals surface area contributed by atoms with Gasteiger partial charge in [0, 0.05) is 28.4 Å². The van der Waals surface area contributed by atoms with Gasteiger partial charge in [-0.15, -0.1) is 20.4 Å². The highest BCUT2D eigenvalue weighted by atomic mass is 79.9. The number of pyridine rings is 1. The summed E-state index contributed by atoms with van der Waals surface area (Å²) in [5.74, 6) is -0.0388. The van der Waals surface area contributed by atoms with Gasteiger partial charge in [0.05, 0.1) is 4.47 Å². The van der Waals surface area contributed by atoms with Crippen molar-refractivity contribution in [2.24, 2.45) is 0 Å². The third-order valence-corrected chi connectivity index (χ3v) is 9.88. The SMILES string of the molecule is CC(C)(C)[Si]CCOCN(C1CC1)S(=O)(=O)c1cc(Br)c2nnc(-c3nnc(C(F)(F)F)s3)n2c1. The lowest BCUT2D eigenvalue weighted by molar-refractivity contribution is -0.138. The average Bonchev–Trinajstić information content (AvgIpc) is 3.27. The molecule has 9 nitrogen and oxygen atoms in total. The van der Waals surface area contributed by atoms with E-state index in [1.165, 1.54) is 21.0 Å². The molecule has 4 rings (SSSR count). The molecule has 0 bridgehead atoms. The van der Waals surface area contributed by atoms with Gasteiger partial charge in [0.2, 0.25) is 15.0 Å². The smallest absolute Gasteiger partial charge is 0.365 e. The molecule has 190 valence electrons. The highest BCUT2D eigenvalue weighted by Crippen LogP contribution is 2.36. The molecule has 16 heteroatoms. The van der Waals surface area contributed by atoms with Gasteiger partial charge in [-0.2, -0.15) is 17.5 Å². The quantitative estimate of drug-likeness (QED) is 0.200. The van der Waals surface area contributed by atoms with E-state index in [1.54, 1.807) is 0 Å². The second kappa shape index (κ2) is 9.78. The monoisotopic (exact) mass is 610 g/mol. The molecule has 0 amide bonds. The number of hydrogen-bond acceptors (Lipinski definition) is 8. The third-order valence-electron chi connectivity index (χ3n) is 4.97. The number of ether oxygens (including phenoxy) is 1. The van der Waals surface area contributed by atoms with Crippen LogP contribution in [0, 0.1) is 0 Å². The predicted octanol–water partition coefficient (Wildman–Crippen LogP) is 4.50. The van der Waals surface area contributed by atoms with Gasteiger partial charge in [0.15, 0.2) is 16.5 Å². The van der Waals surface area contributed by atoms with Crippen LogP contribution < -0.4 is 0 Å². The molecule has 2 radical (unpaired) electrons. The number of alkyl halides is 3. The summed E-state index contributed by atoms with van der Waals surface area (Å²) in [6, 6.07) is 2.09. The first-order valence-corrected chi connectivity index (χ1v) is 14.8. The molecule has 0 spiro atoms. The number of fused-ring (bicyclic) bond motifs is 1. The van der Waals surface area contributed by atoms with Crippen LogP contribution >= 0.6 is 27.3 Å². The molecular weight excluding hydrogens is 589 g/mol. The molecule has 1 saturated carbocycles. The topological polar surface area (TPSA) is 103 Å². The zero-order chi connectivity index (χ0) is 25.6. The Hall–Kier alpha value is -1.46. The van der Waals surface area contributed by atoms with Crippen LogP contribution in [0.5, 0.6) is 0 Å². The first kappa shape index (κ1) is 26.6. The number of hydrogen-bond donors (Lipinski definition) is 0. The molecule has 0 aliphatic heterocycles. The van der Waals surface area contributed by atoms with Crippen LogP contribution in [0.15, 0.2) is 21.6 Å². The summed E-state index contributed by atoms with van der Waals surface area (Å²) in [5, 5.41) is 13.6. The molecular formula is C19H22BrF3N6O3S2Si. The van der Waals surface area contributed by atoms with Crippen LogP contribution in [0.1, 0.15) is 38.6 Å². The molecule has 3 aromatic heterocycles. The van der Waals surface area contributed by atoms with Crippen LogP contribution in [0.4, 0.5) is 13.2 Å². The maximum atomic E-state index is 13.5. The van der Waals surface area contributed by atoms with Gasteiger partial charge in [-0.25, -0.2) is 8.42 Å². The molecule has 0 unspecified atom stereocenters. The number of nitrogens with zero attached hydrogens (tertiary/aromatic N) is 6. The fraction of sp³-hybridized carbons (Fsp3) is 0.579. The number of halogens is 4. The third kappa shape index (κ3) is 6.10. The highest BCUT2D eigenvalue weighted by Gasteiger charge is 2.39. The van der Waals surface area contributed by atoms with Gasteiger partial charge in [-0.05, 0) is 45.9 Å². The average molecular weight is 612 g/mol. The lowest BCUT2D eigenvalue weighted by Gasteiger charge is -2.22. The minimum absolute atomic E-state index is 0.0388. The van der Waals surface area contributed by atoms with Gasteiger partial charge in [-0.1, -0.05) is 32.1 Å². The van der Waals surface area contributed by atoms with E-state index in [9.17, 15) is 21.6 Å². The lowest BCUT2D eigenvalue weighted by Crippen LogP contribution is -2.35. The molecule has 3 heterocycles. The first-order chi connectivity index (χ1) is 16.3. The van der Waals surface area contributed by atoms with Crippen LogP contribution in [0.3, 0.4) is 0 Å². The van der Waals surface area contributed by atoms with Crippen LogP contribution in [-0.4, -0.2) is 66.4 Å². The molecule has 0 N–H and O–H groups in total. The van der Waals surface area contributed by atoms with Gasteiger partial charge in [0.1, 0.15) is 11.6 Å². The van der Waals surface area contributed by atoms with Gasteiger partial charge in [0.25, 0.3) is 0 Å². The maximum absolute atomic E-state index is 13.5. The summed E-state index contributed by atoms with van der Waals surface area (Å²) in [4.78, 5) is -0.0643. The van der Waals surface area contributed by atoms with E-state index in [-0.39, 0.29) is 39.2 Å². The number of sulfonamides is 1. The second-order valence-electron chi connectivity index (χ2n) is 8.99. The Labute approximate surface area is 215 Å². The highest BCUT2D eigenvalue weighted by molar-refractivity contribution is 9.10. The Bertz CT molecular complexity index is 1320. The Morgan fingerprint density at radius 2 is 1.94 bits per heavy atom. The van der Waals surface area contributed by atoms with E-state index >= 15 is 0 Å². The van der Waals surface area contributed by atoms with Crippen molar-refractivity contribution in [1.29, 1.82) is 0 Å². The van der Waals surface area contributed by atoms with Crippen molar-refractivity contribution in [3.63, 3.8) is 0 Å². The van der Waals surface area contributed by atoms with Gasteiger partial charge < -0.3 is 4.74 Å². The van der Waals surface area contributed by atoms with Gasteiger partial charge in [-0.3, -0.25) is 4.40 Å². The lowest BCUT2D eigenvalue weighted by atomic mass is 10.3. The Kier molecular flexibility index (Phi) is 7.43. The van der Waals surface area contributed by atoms with Gasteiger partial charge >= 0.3 is 6.18 Å². The minimum Gasteiger partial charge on any atom is -0.365 e. The number of rotatable bonds is 9. The Morgan fingerprint density at radius 3 is 2.54 bits per heavy atom. The summed E-state index contributed by atoms with van der Waals surface area (Å²) in [5.41, 5.74) is 0.236.